The lowest BCUT2D eigenvalue weighted by Gasteiger charge is -2.22. The Hall–Kier alpha value is -3.28. The van der Waals surface area contributed by atoms with E-state index in [0.29, 0.717) is 18.1 Å². The number of nitrogens with zero attached hydrogens (tertiary/aromatic N) is 2. The van der Waals surface area contributed by atoms with Crippen LogP contribution in [0.15, 0.2) is 18.2 Å². The van der Waals surface area contributed by atoms with Crippen LogP contribution in [0.3, 0.4) is 0 Å². The zero-order chi connectivity index (χ0) is 25.1. The minimum Gasteiger partial charge on any atom is -0.452 e. The topological polar surface area (TPSA) is 114 Å². The first-order valence-corrected chi connectivity index (χ1v) is 10.0. The van der Waals surface area contributed by atoms with E-state index in [4.69, 9.17) is 11.6 Å². The lowest BCUT2D eigenvalue weighted by atomic mass is 10.0. The van der Waals surface area contributed by atoms with Gasteiger partial charge in [0.2, 0.25) is 0 Å². The maximum atomic E-state index is 13.3. The molecule has 0 saturated carbocycles. The molecule has 3 N–H and O–H groups in total. The molecule has 0 atom stereocenters. The molecule has 2 aromatic rings. The maximum absolute atomic E-state index is 13.3. The van der Waals surface area contributed by atoms with E-state index in [2.05, 4.69) is 20.6 Å². The predicted octanol–water partition coefficient (Wildman–Crippen LogP) is 4.13. The van der Waals surface area contributed by atoms with E-state index in [9.17, 15) is 27.6 Å². The third-order valence-electron chi connectivity index (χ3n) is 4.38. The number of halogens is 4. The Bertz CT molecular complexity index is 1080. The largest absolute Gasteiger partial charge is 0.452 e. The monoisotopic (exact) mass is 489 g/mol. The van der Waals surface area contributed by atoms with Crippen molar-refractivity contribution in [3.63, 3.8) is 0 Å². The molecule has 0 fully saturated rings. The highest BCUT2D eigenvalue weighted by Gasteiger charge is 2.37. The molecule has 0 saturated heterocycles. The van der Waals surface area contributed by atoms with Gasteiger partial charge in [0.15, 0.2) is 5.69 Å². The van der Waals surface area contributed by atoms with Gasteiger partial charge in [-0.1, -0.05) is 18.5 Å². The lowest BCUT2D eigenvalue weighted by Crippen LogP contribution is -2.42. The Labute approximate surface area is 192 Å². The number of anilines is 1. The number of carbonyl (C=O) groups excluding carboxylic acids is 3. The van der Waals surface area contributed by atoms with Crippen LogP contribution >= 0.6 is 11.6 Å². The van der Waals surface area contributed by atoms with Crippen LogP contribution < -0.4 is 16.2 Å². The van der Waals surface area contributed by atoms with Crippen LogP contribution in [0.2, 0.25) is 5.02 Å². The van der Waals surface area contributed by atoms with E-state index in [0.717, 1.165) is 11.8 Å². The summed E-state index contributed by atoms with van der Waals surface area (Å²) in [5.74, 6) is -1.76. The summed E-state index contributed by atoms with van der Waals surface area (Å²) in [4.78, 5) is 37.0. The number of rotatable bonds is 4. The number of methoxy groups -OCH3 is 1. The van der Waals surface area contributed by atoms with Crippen LogP contribution in [-0.4, -0.2) is 34.8 Å². The van der Waals surface area contributed by atoms with Gasteiger partial charge < -0.3 is 10.1 Å². The molecule has 0 aliphatic rings. The first kappa shape index (κ1) is 26.0. The van der Waals surface area contributed by atoms with Crippen molar-refractivity contribution in [3.8, 4) is 0 Å². The molecule has 0 bridgehead atoms. The van der Waals surface area contributed by atoms with Gasteiger partial charge in [-0.15, -0.1) is 0 Å². The van der Waals surface area contributed by atoms with Gasteiger partial charge in [0, 0.05) is 11.1 Å². The molecular formula is C20H23ClF3N5O4. The average Bonchev–Trinajstić information content (AvgIpc) is 3.19. The summed E-state index contributed by atoms with van der Waals surface area (Å²) >= 11 is 6.08. The smallest absolute Gasteiger partial charge is 0.435 e. The van der Waals surface area contributed by atoms with Crippen molar-refractivity contribution >= 4 is 35.2 Å². The van der Waals surface area contributed by atoms with Crippen molar-refractivity contribution in [2.24, 2.45) is 0 Å². The van der Waals surface area contributed by atoms with E-state index in [1.807, 2.05) is 5.43 Å². The number of hydrogen-bond acceptors (Lipinski definition) is 5. The predicted molar refractivity (Wildman–Crippen MR) is 114 cm³/mol. The highest BCUT2D eigenvalue weighted by atomic mass is 35.5. The molecular weight excluding hydrogens is 467 g/mol. The second-order valence-electron chi connectivity index (χ2n) is 7.86. The van der Waals surface area contributed by atoms with Crippen LogP contribution in [-0.2, 0) is 22.9 Å². The van der Waals surface area contributed by atoms with Gasteiger partial charge >= 0.3 is 12.3 Å². The fourth-order valence-electron chi connectivity index (χ4n) is 2.87. The second-order valence-corrected chi connectivity index (χ2v) is 8.30. The SMILES string of the molecule is CCc1cc(Cl)cc(C(=O)NNC(=O)OC)c1NC(=O)c1cc(C(F)(F)F)nn1C(C)(C)C. The Kier molecular flexibility index (Phi) is 7.63. The molecule has 0 unspecified atom stereocenters. The second kappa shape index (κ2) is 9.69. The highest BCUT2D eigenvalue weighted by Crippen LogP contribution is 2.32. The van der Waals surface area contributed by atoms with E-state index in [-0.39, 0.29) is 22.0 Å². The molecule has 180 valence electrons. The van der Waals surface area contributed by atoms with E-state index >= 15 is 0 Å². The Morgan fingerprint density at radius 2 is 1.73 bits per heavy atom. The molecule has 13 heteroatoms. The molecule has 3 amide bonds. The first-order valence-electron chi connectivity index (χ1n) is 9.64. The third kappa shape index (κ3) is 6.15. The number of hydrazine groups is 1. The Morgan fingerprint density at radius 3 is 2.24 bits per heavy atom. The number of aromatic nitrogens is 2. The third-order valence-corrected chi connectivity index (χ3v) is 4.60. The van der Waals surface area contributed by atoms with Gasteiger partial charge in [-0.25, -0.2) is 10.2 Å². The average molecular weight is 490 g/mol. The summed E-state index contributed by atoms with van der Waals surface area (Å²) in [6, 6.07) is 3.39. The van der Waals surface area contributed by atoms with Crippen molar-refractivity contribution < 1.29 is 32.3 Å². The summed E-state index contributed by atoms with van der Waals surface area (Å²) in [5, 5.41) is 6.23. The number of ether oxygens (including phenoxy) is 1. The summed E-state index contributed by atoms with van der Waals surface area (Å²) in [6.07, 6.45) is -5.38. The molecule has 0 spiro atoms. The Balaban J connectivity index is 2.52. The molecule has 1 aromatic heterocycles. The molecule has 2 rings (SSSR count). The summed E-state index contributed by atoms with van der Waals surface area (Å²) < 4.78 is 45.1. The van der Waals surface area contributed by atoms with E-state index < -0.39 is 35.3 Å². The van der Waals surface area contributed by atoms with Crippen molar-refractivity contribution in [2.45, 2.75) is 45.8 Å². The molecule has 0 aliphatic carbocycles. The quantitative estimate of drug-likeness (QED) is 0.559. The maximum Gasteiger partial charge on any atom is 0.435 e. The number of benzene rings is 1. The number of alkyl halides is 3. The minimum absolute atomic E-state index is 0.0197. The lowest BCUT2D eigenvalue weighted by molar-refractivity contribution is -0.141. The molecule has 1 aromatic carbocycles. The normalized spacial score (nSPS) is 11.7. The molecule has 0 radical (unpaired) electrons. The number of nitrogens with one attached hydrogen (secondary N) is 3. The minimum atomic E-state index is -4.76. The fourth-order valence-corrected chi connectivity index (χ4v) is 3.11. The van der Waals surface area contributed by atoms with E-state index in [1.54, 1.807) is 27.7 Å². The van der Waals surface area contributed by atoms with Crippen LogP contribution in [0.25, 0.3) is 0 Å². The molecule has 9 nitrogen and oxygen atoms in total. The van der Waals surface area contributed by atoms with Gasteiger partial charge in [0.05, 0.1) is 23.9 Å². The molecule has 33 heavy (non-hydrogen) atoms. The van der Waals surface area contributed by atoms with Crippen LogP contribution in [0.5, 0.6) is 0 Å². The van der Waals surface area contributed by atoms with Crippen LogP contribution in [0.4, 0.5) is 23.7 Å². The van der Waals surface area contributed by atoms with Gasteiger partial charge in [-0.05, 0) is 44.9 Å². The van der Waals surface area contributed by atoms with Crippen LogP contribution in [0, 0.1) is 0 Å². The van der Waals surface area contributed by atoms with Gasteiger partial charge in [0.25, 0.3) is 11.8 Å². The number of aryl methyl sites for hydroxylation is 1. The number of hydrogen-bond donors (Lipinski definition) is 3. The first-order chi connectivity index (χ1) is 15.2. The summed E-state index contributed by atoms with van der Waals surface area (Å²) in [6.45, 7) is 6.51. The fraction of sp³-hybridized carbons (Fsp3) is 0.400. The number of carbonyl (C=O) groups is 3. The van der Waals surface area contributed by atoms with E-state index in [1.165, 1.54) is 12.1 Å². The van der Waals surface area contributed by atoms with Gasteiger partial charge in [0.1, 0.15) is 5.69 Å². The van der Waals surface area contributed by atoms with Crippen molar-refractivity contribution in [1.29, 1.82) is 0 Å². The van der Waals surface area contributed by atoms with Crippen molar-refractivity contribution in [3.05, 3.63) is 45.7 Å². The zero-order valence-corrected chi connectivity index (χ0v) is 19.2. The standard InChI is InChI=1S/C20H23ClF3N5O4/c1-6-10-7-11(21)8-12(16(30)26-27-18(32)33-5)15(10)25-17(31)13-9-14(20(22,23)24)28-29(13)19(2,3)4/h7-9H,6H2,1-5H3,(H,25,31)(H,26,30)(H,27,32). The molecule has 1 heterocycles. The Morgan fingerprint density at radius 1 is 1.09 bits per heavy atom. The van der Waals surface area contributed by atoms with Gasteiger partial charge in [-0.2, -0.15) is 18.3 Å². The number of amides is 3. The van der Waals surface area contributed by atoms with Crippen molar-refractivity contribution in [1.82, 2.24) is 20.6 Å². The van der Waals surface area contributed by atoms with Crippen molar-refractivity contribution in [2.75, 3.05) is 12.4 Å². The van der Waals surface area contributed by atoms with Crippen LogP contribution in [0.1, 0.15) is 59.8 Å². The summed E-state index contributed by atoms with van der Waals surface area (Å²) in [7, 11) is 1.09. The highest BCUT2D eigenvalue weighted by molar-refractivity contribution is 6.31. The summed E-state index contributed by atoms with van der Waals surface area (Å²) in [5.41, 5.74) is 1.90. The zero-order valence-electron chi connectivity index (χ0n) is 18.5. The van der Waals surface area contributed by atoms with Gasteiger partial charge in [-0.3, -0.25) is 19.7 Å². The molecule has 0 aliphatic heterocycles.